The normalized spacial score (nSPS) is 26.4. The monoisotopic (exact) mass is 361 g/mol. The molecule has 1 aliphatic rings. The van der Waals surface area contributed by atoms with Crippen molar-refractivity contribution in [3.05, 3.63) is 82.9 Å². The highest BCUT2D eigenvalue weighted by molar-refractivity contribution is 5.34. The molecule has 0 aliphatic carbocycles. The molecule has 0 aromatic heterocycles. The van der Waals surface area contributed by atoms with E-state index in [1.807, 2.05) is 0 Å². The van der Waals surface area contributed by atoms with Gasteiger partial charge in [-0.3, -0.25) is 4.90 Å². The Kier molecular flexibility index (Phi) is 6.22. The first kappa shape index (κ1) is 19.9. The maximum Gasteiger partial charge on any atom is 0.0439 e. The lowest BCUT2D eigenvalue weighted by atomic mass is 9.70. The van der Waals surface area contributed by atoms with Crippen molar-refractivity contribution >= 4 is 0 Å². The zero-order chi connectivity index (χ0) is 19.4. The highest BCUT2D eigenvalue weighted by Crippen LogP contribution is 2.44. The number of hydrogen-bond acceptors (Lipinski definition) is 1. The van der Waals surface area contributed by atoms with Crippen molar-refractivity contribution in [2.75, 3.05) is 0 Å². The minimum atomic E-state index is 0.0492. The smallest absolute Gasteiger partial charge is 0.0439 e. The molecule has 0 saturated heterocycles. The predicted molar refractivity (Wildman–Crippen MR) is 117 cm³/mol. The summed E-state index contributed by atoms with van der Waals surface area (Å²) in [7, 11) is 0. The second-order valence-corrected chi connectivity index (χ2v) is 8.35. The van der Waals surface area contributed by atoms with Gasteiger partial charge in [0, 0.05) is 18.1 Å². The highest BCUT2D eigenvalue weighted by atomic mass is 15.2. The lowest BCUT2D eigenvalue weighted by molar-refractivity contribution is 0.0273. The van der Waals surface area contributed by atoms with Crippen LogP contribution in [0.3, 0.4) is 0 Å². The summed E-state index contributed by atoms with van der Waals surface area (Å²) < 4.78 is 0. The summed E-state index contributed by atoms with van der Waals surface area (Å²) in [6, 6.07) is 22.6. The Morgan fingerprint density at radius 2 is 1.37 bits per heavy atom. The SMILES string of the molecule is CC[C@@H]1C(C)=C(C)[C@@](C)(Cc2ccccc2)N(Cc2ccccc2)[C@H]1CC. The van der Waals surface area contributed by atoms with Crippen LogP contribution in [-0.4, -0.2) is 16.5 Å². The third-order valence-corrected chi connectivity index (χ3v) is 6.90. The molecule has 0 fully saturated rings. The fraction of sp³-hybridized carbons (Fsp3) is 0.462. The van der Waals surface area contributed by atoms with Crippen LogP contribution >= 0.6 is 0 Å². The molecule has 0 amide bonds. The highest BCUT2D eigenvalue weighted by Gasteiger charge is 2.45. The summed E-state index contributed by atoms with van der Waals surface area (Å²) in [6.07, 6.45) is 3.48. The molecular formula is C26H35N. The molecular weight excluding hydrogens is 326 g/mol. The molecule has 1 nitrogen and oxygen atoms in total. The van der Waals surface area contributed by atoms with Crippen LogP contribution in [0, 0.1) is 5.92 Å². The van der Waals surface area contributed by atoms with E-state index in [4.69, 9.17) is 0 Å². The maximum atomic E-state index is 2.81. The van der Waals surface area contributed by atoms with Crippen molar-refractivity contribution in [1.29, 1.82) is 0 Å². The van der Waals surface area contributed by atoms with E-state index in [1.54, 1.807) is 11.1 Å². The molecule has 0 unspecified atom stereocenters. The van der Waals surface area contributed by atoms with E-state index in [-0.39, 0.29) is 5.54 Å². The Bertz CT molecular complexity index is 761. The van der Waals surface area contributed by atoms with Crippen molar-refractivity contribution in [3.63, 3.8) is 0 Å². The zero-order valence-corrected chi connectivity index (χ0v) is 17.7. The average Bonchev–Trinajstić information content (AvgIpc) is 2.70. The Morgan fingerprint density at radius 3 is 1.89 bits per heavy atom. The van der Waals surface area contributed by atoms with E-state index in [0.29, 0.717) is 12.0 Å². The van der Waals surface area contributed by atoms with Crippen LogP contribution in [0.15, 0.2) is 71.8 Å². The number of rotatable bonds is 6. The van der Waals surface area contributed by atoms with Gasteiger partial charge in [-0.1, -0.05) is 85.7 Å². The standard InChI is InChI=1S/C26H35N/c1-6-24-20(3)21(4)26(5,18-22-14-10-8-11-15-22)27(25(24)7-2)19-23-16-12-9-13-17-23/h8-17,24-25H,6-7,18-19H2,1-5H3/t24-,25+,26-/m1/s1. The first-order chi connectivity index (χ1) is 13.0. The Hall–Kier alpha value is -1.86. The minimum absolute atomic E-state index is 0.0492. The average molecular weight is 362 g/mol. The number of benzene rings is 2. The van der Waals surface area contributed by atoms with Crippen molar-refractivity contribution < 1.29 is 0 Å². The van der Waals surface area contributed by atoms with Gasteiger partial charge in [0.25, 0.3) is 0 Å². The van der Waals surface area contributed by atoms with Crippen LogP contribution in [-0.2, 0) is 13.0 Å². The van der Waals surface area contributed by atoms with Gasteiger partial charge >= 0.3 is 0 Å². The van der Waals surface area contributed by atoms with E-state index in [0.717, 1.165) is 13.0 Å². The van der Waals surface area contributed by atoms with Crippen LogP contribution in [0.2, 0.25) is 0 Å². The van der Waals surface area contributed by atoms with Crippen LogP contribution in [0.25, 0.3) is 0 Å². The molecule has 0 radical (unpaired) electrons. The quantitative estimate of drug-likeness (QED) is 0.521. The topological polar surface area (TPSA) is 3.24 Å². The van der Waals surface area contributed by atoms with Gasteiger partial charge in [-0.15, -0.1) is 0 Å². The Balaban J connectivity index is 2.07. The molecule has 3 atom stereocenters. The van der Waals surface area contributed by atoms with Crippen molar-refractivity contribution in [1.82, 2.24) is 4.90 Å². The van der Waals surface area contributed by atoms with Gasteiger partial charge in [-0.05, 0) is 57.1 Å². The van der Waals surface area contributed by atoms with Crippen LogP contribution in [0.4, 0.5) is 0 Å². The molecule has 3 rings (SSSR count). The molecule has 1 heterocycles. The second kappa shape index (κ2) is 8.44. The van der Waals surface area contributed by atoms with Gasteiger partial charge in [0.2, 0.25) is 0 Å². The summed E-state index contributed by atoms with van der Waals surface area (Å²) in [5.41, 5.74) is 6.08. The van der Waals surface area contributed by atoms with E-state index < -0.39 is 0 Å². The van der Waals surface area contributed by atoms with Gasteiger partial charge < -0.3 is 0 Å². The predicted octanol–water partition coefficient (Wildman–Crippen LogP) is 6.64. The molecule has 2 aromatic rings. The van der Waals surface area contributed by atoms with Crippen LogP contribution < -0.4 is 0 Å². The van der Waals surface area contributed by atoms with Gasteiger partial charge in [-0.2, -0.15) is 0 Å². The second-order valence-electron chi connectivity index (χ2n) is 8.35. The third-order valence-electron chi connectivity index (χ3n) is 6.90. The summed E-state index contributed by atoms with van der Waals surface area (Å²) in [4.78, 5) is 2.81. The molecule has 1 aliphatic heterocycles. The van der Waals surface area contributed by atoms with Gasteiger partial charge in [-0.25, -0.2) is 0 Å². The van der Waals surface area contributed by atoms with Crippen LogP contribution in [0.5, 0.6) is 0 Å². The molecule has 0 saturated carbocycles. The summed E-state index contributed by atoms with van der Waals surface area (Å²) in [5, 5.41) is 0. The lowest BCUT2D eigenvalue weighted by Crippen LogP contribution is -2.59. The van der Waals surface area contributed by atoms with E-state index in [2.05, 4.69) is 100 Å². The van der Waals surface area contributed by atoms with E-state index in [1.165, 1.54) is 24.0 Å². The first-order valence-corrected chi connectivity index (χ1v) is 10.5. The van der Waals surface area contributed by atoms with Crippen molar-refractivity contribution in [2.24, 2.45) is 5.92 Å². The molecule has 144 valence electrons. The van der Waals surface area contributed by atoms with Gasteiger partial charge in [0.15, 0.2) is 0 Å². The molecule has 27 heavy (non-hydrogen) atoms. The van der Waals surface area contributed by atoms with Gasteiger partial charge in [0.05, 0.1) is 0 Å². The molecule has 0 N–H and O–H groups in total. The number of hydrogen-bond donors (Lipinski definition) is 0. The van der Waals surface area contributed by atoms with Crippen LogP contribution in [0.1, 0.15) is 58.6 Å². The lowest BCUT2D eigenvalue weighted by Gasteiger charge is -2.54. The van der Waals surface area contributed by atoms with Crippen molar-refractivity contribution in [3.8, 4) is 0 Å². The fourth-order valence-corrected chi connectivity index (χ4v) is 5.17. The maximum absolute atomic E-state index is 2.81. The van der Waals surface area contributed by atoms with E-state index in [9.17, 15) is 0 Å². The fourth-order valence-electron chi connectivity index (χ4n) is 5.17. The largest absolute Gasteiger partial charge is 0.286 e. The van der Waals surface area contributed by atoms with Gasteiger partial charge in [0.1, 0.15) is 0 Å². The molecule has 1 heteroatoms. The summed E-state index contributed by atoms with van der Waals surface area (Å²) in [5.74, 6) is 0.655. The number of nitrogens with zero attached hydrogens (tertiary/aromatic N) is 1. The van der Waals surface area contributed by atoms with E-state index >= 15 is 0 Å². The zero-order valence-electron chi connectivity index (χ0n) is 17.7. The molecule has 0 spiro atoms. The minimum Gasteiger partial charge on any atom is -0.286 e. The third kappa shape index (κ3) is 3.89. The Labute approximate surface area is 166 Å². The summed E-state index contributed by atoms with van der Waals surface area (Å²) >= 11 is 0. The molecule has 2 aromatic carbocycles. The molecule has 0 bridgehead atoms. The Morgan fingerprint density at radius 1 is 0.815 bits per heavy atom. The van der Waals surface area contributed by atoms with Crippen molar-refractivity contribution in [2.45, 2.75) is 72.0 Å². The summed E-state index contributed by atoms with van der Waals surface area (Å²) in [6.45, 7) is 13.0. The first-order valence-electron chi connectivity index (χ1n) is 10.5.